The maximum atomic E-state index is 12.3. The van der Waals surface area contributed by atoms with Crippen LogP contribution in [0.15, 0.2) is 47.8 Å². The van der Waals surface area contributed by atoms with Gasteiger partial charge in [0, 0.05) is 30.7 Å². The lowest BCUT2D eigenvalue weighted by Crippen LogP contribution is -2.14. The summed E-state index contributed by atoms with van der Waals surface area (Å²) in [6, 6.07) is 7.43. The molecule has 0 bridgehead atoms. The maximum Gasteiger partial charge on any atom is 0.251 e. The SMILES string of the molecule is CC(C(=O)Nc1ccc(OCc2nccn2C)cc1)=C1CCCC1. The molecule has 1 amide bonds. The first-order chi connectivity index (χ1) is 11.6. The van der Waals surface area contributed by atoms with Crippen LogP contribution in [-0.2, 0) is 18.4 Å². The number of aryl methyl sites for hydroxylation is 1. The Labute approximate surface area is 142 Å². The van der Waals surface area contributed by atoms with E-state index in [4.69, 9.17) is 4.74 Å². The fourth-order valence-electron chi connectivity index (χ4n) is 2.88. The van der Waals surface area contributed by atoms with Crippen LogP contribution in [0.4, 0.5) is 5.69 Å². The molecule has 1 aliphatic rings. The first kappa shape index (κ1) is 16.3. The minimum absolute atomic E-state index is 0.00595. The van der Waals surface area contributed by atoms with Gasteiger partial charge < -0.3 is 14.6 Å². The lowest BCUT2D eigenvalue weighted by Gasteiger charge is -2.10. The zero-order chi connectivity index (χ0) is 16.9. The van der Waals surface area contributed by atoms with Gasteiger partial charge in [-0.15, -0.1) is 0 Å². The molecule has 1 fully saturated rings. The molecule has 0 saturated heterocycles. The van der Waals surface area contributed by atoms with Crippen molar-refractivity contribution in [1.82, 2.24) is 9.55 Å². The van der Waals surface area contributed by atoms with E-state index in [-0.39, 0.29) is 5.91 Å². The molecule has 5 nitrogen and oxygen atoms in total. The van der Waals surface area contributed by atoms with Gasteiger partial charge in [0.25, 0.3) is 5.91 Å². The van der Waals surface area contributed by atoms with Gasteiger partial charge in [-0.3, -0.25) is 4.79 Å². The summed E-state index contributed by atoms with van der Waals surface area (Å²) in [5, 5.41) is 2.96. The Morgan fingerprint density at radius 1 is 1.25 bits per heavy atom. The smallest absolute Gasteiger partial charge is 0.251 e. The Hall–Kier alpha value is -2.56. The number of nitrogens with zero attached hydrogens (tertiary/aromatic N) is 2. The van der Waals surface area contributed by atoms with E-state index in [2.05, 4.69) is 10.3 Å². The Bertz CT molecular complexity index is 736. The summed E-state index contributed by atoms with van der Waals surface area (Å²) in [6.07, 6.45) is 8.14. The third-order valence-electron chi connectivity index (χ3n) is 4.48. The standard InChI is InChI=1S/C19H23N3O2/c1-14(15-5-3-4-6-15)19(23)21-16-7-9-17(10-8-16)24-13-18-20-11-12-22(18)2/h7-12H,3-6,13H2,1-2H3,(H,21,23). The van der Waals surface area contributed by atoms with Gasteiger partial charge >= 0.3 is 0 Å². The van der Waals surface area contributed by atoms with E-state index in [0.717, 1.165) is 35.7 Å². The first-order valence-electron chi connectivity index (χ1n) is 8.32. The Balaban J connectivity index is 1.57. The average molecular weight is 325 g/mol. The van der Waals surface area contributed by atoms with Crippen molar-refractivity contribution in [3.05, 3.63) is 53.6 Å². The molecule has 0 atom stereocenters. The minimum Gasteiger partial charge on any atom is -0.486 e. The van der Waals surface area contributed by atoms with Crippen LogP contribution in [0.25, 0.3) is 0 Å². The molecule has 2 aromatic rings. The van der Waals surface area contributed by atoms with Crippen molar-refractivity contribution in [2.24, 2.45) is 7.05 Å². The molecule has 1 heterocycles. The van der Waals surface area contributed by atoms with Gasteiger partial charge in [0.05, 0.1) is 0 Å². The van der Waals surface area contributed by atoms with Crippen molar-refractivity contribution in [3.63, 3.8) is 0 Å². The van der Waals surface area contributed by atoms with Crippen molar-refractivity contribution in [3.8, 4) is 5.75 Å². The zero-order valence-electron chi connectivity index (χ0n) is 14.2. The fourth-order valence-corrected chi connectivity index (χ4v) is 2.88. The highest BCUT2D eigenvalue weighted by Gasteiger charge is 2.15. The number of anilines is 1. The molecule has 0 aliphatic heterocycles. The molecule has 0 spiro atoms. The predicted octanol–water partition coefficient (Wildman–Crippen LogP) is 3.83. The molecule has 1 aromatic carbocycles. The van der Waals surface area contributed by atoms with Crippen molar-refractivity contribution >= 4 is 11.6 Å². The summed E-state index contributed by atoms with van der Waals surface area (Å²) < 4.78 is 7.64. The highest BCUT2D eigenvalue weighted by Crippen LogP contribution is 2.27. The van der Waals surface area contributed by atoms with E-state index in [0.29, 0.717) is 6.61 Å². The number of amides is 1. The molecule has 126 valence electrons. The van der Waals surface area contributed by atoms with Crippen LogP contribution in [0.5, 0.6) is 5.75 Å². The van der Waals surface area contributed by atoms with E-state index in [1.807, 2.05) is 49.0 Å². The summed E-state index contributed by atoms with van der Waals surface area (Å²) in [4.78, 5) is 16.5. The largest absolute Gasteiger partial charge is 0.486 e. The molecular weight excluding hydrogens is 302 g/mol. The molecule has 0 unspecified atom stereocenters. The van der Waals surface area contributed by atoms with Crippen LogP contribution in [-0.4, -0.2) is 15.5 Å². The number of carbonyl (C=O) groups excluding carboxylic acids is 1. The van der Waals surface area contributed by atoms with Crippen molar-refractivity contribution in [2.75, 3.05) is 5.32 Å². The third-order valence-corrected chi connectivity index (χ3v) is 4.48. The first-order valence-corrected chi connectivity index (χ1v) is 8.32. The highest BCUT2D eigenvalue weighted by atomic mass is 16.5. The highest BCUT2D eigenvalue weighted by molar-refractivity contribution is 6.03. The molecule has 0 radical (unpaired) electrons. The Morgan fingerprint density at radius 3 is 2.58 bits per heavy atom. The zero-order valence-corrected chi connectivity index (χ0v) is 14.2. The number of benzene rings is 1. The summed E-state index contributed by atoms with van der Waals surface area (Å²) in [5.41, 5.74) is 2.94. The second-order valence-corrected chi connectivity index (χ2v) is 6.16. The number of ether oxygens (including phenoxy) is 1. The van der Waals surface area contributed by atoms with Crippen LogP contribution in [0.2, 0.25) is 0 Å². The van der Waals surface area contributed by atoms with Gasteiger partial charge in [-0.1, -0.05) is 5.57 Å². The van der Waals surface area contributed by atoms with Crippen molar-refractivity contribution in [1.29, 1.82) is 0 Å². The van der Waals surface area contributed by atoms with Crippen LogP contribution >= 0.6 is 0 Å². The lowest BCUT2D eigenvalue weighted by molar-refractivity contribution is -0.112. The molecule has 1 saturated carbocycles. The minimum atomic E-state index is -0.00595. The molecule has 24 heavy (non-hydrogen) atoms. The van der Waals surface area contributed by atoms with Crippen molar-refractivity contribution < 1.29 is 9.53 Å². The lowest BCUT2D eigenvalue weighted by atomic mass is 10.1. The van der Waals surface area contributed by atoms with E-state index < -0.39 is 0 Å². The number of hydrogen-bond donors (Lipinski definition) is 1. The monoisotopic (exact) mass is 325 g/mol. The number of nitrogens with one attached hydrogen (secondary N) is 1. The summed E-state index contributed by atoms with van der Waals surface area (Å²) in [5.74, 6) is 1.61. The molecule has 1 N–H and O–H groups in total. The second-order valence-electron chi connectivity index (χ2n) is 6.16. The van der Waals surface area contributed by atoms with Crippen LogP contribution in [0.3, 0.4) is 0 Å². The van der Waals surface area contributed by atoms with Gasteiger partial charge in [0.1, 0.15) is 18.2 Å². The molecule has 1 aliphatic carbocycles. The summed E-state index contributed by atoms with van der Waals surface area (Å²) >= 11 is 0. The Kier molecular flexibility index (Phi) is 4.99. The number of rotatable bonds is 5. The average Bonchev–Trinajstić information content (AvgIpc) is 3.25. The number of carbonyl (C=O) groups is 1. The van der Waals surface area contributed by atoms with E-state index in [1.54, 1.807) is 6.20 Å². The van der Waals surface area contributed by atoms with E-state index >= 15 is 0 Å². The predicted molar refractivity (Wildman–Crippen MR) is 93.8 cm³/mol. The van der Waals surface area contributed by atoms with Gasteiger partial charge in [-0.2, -0.15) is 0 Å². The van der Waals surface area contributed by atoms with Gasteiger partial charge in [-0.05, 0) is 56.9 Å². The quantitative estimate of drug-likeness (QED) is 0.850. The van der Waals surface area contributed by atoms with Crippen molar-refractivity contribution in [2.45, 2.75) is 39.2 Å². The van der Waals surface area contributed by atoms with Crippen LogP contribution in [0.1, 0.15) is 38.4 Å². The van der Waals surface area contributed by atoms with E-state index in [1.165, 1.54) is 18.4 Å². The second kappa shape index (κ2) is 7.34. The fraction of sp³-hybridized carbons (Fsp3) is 0.368. The van der Waals surface area contributed by atoms with Crippen LogP contribution in [0, 0.1) is 0 Å². The van der Waals surface area contributed by atoms with E-state index in [9.17, 15) is 4.79 Å². The summed E-state index contributed by atoms with van der Waals surface area (Å²) in [7, 11) is 1.94. The number of allylic oxidation sites excluding steroid dienone is 1. The van der Waals surface area contributed by atoms with Gasteiger partial charge in [-0.25, -0.2) is 4.98 Å². The Morgan fingerprint density at radius 2 is 1.96 bits per heavy atom. The normalized spacial score (nSPS) is 13.8. The molecule has 1 aromatic heterocycles. The third kappa shape index (κ3) is 3.85. The van der Waals surface area contributed by atoms with Gasteiger partial charge in [0.2, 0.25) is 0 Å². The molecule has 3 rings (SSSR count). The maximum absolute atomic E-state index is 12.3. The van der Waals surface area contributed by atoms with Crippen LogP contribution < -0.4 is 10.1 Å². The van der Waals surface area contributed by atoms with Gasteiger partial charge in [0.15, 0.2) is 0 Å². The molecule has 5 heteroatoms. The molecular formula is C19H23N3O2. The topological polar surface area (TPSA) is 56.1 Å². The summed E-state index contributed by atoms with van der Waals surface area (Å²) in [6.45, 7) is 2.33. The number of hydrogen-bond acceptors (Lipinski definition) is 3. The number of imidazole rings is 1. The number of aromatic nitrogens is 2.